The summed E-state index contributed by atoms with van der Waals surface area (Å²) in [6.45, 7) is 1.91. The second kappa shape index (κ2) is 5.43. The lowest BCUT2D eigenvalue weighted by Crippen LogP contribution is -2.11. The van der Waals surface area contributed by atoms with Crippen LogP contribution in [0.25, 0.3) is 0 Å². The summed E-state index contributed by atoms with van der Waals surface area (Å²) in [6.07, 6.45) is 4.65. The van der Waals surface area contributed by atoms with E-state index in [2.05, 4.69) is 5.92 Å². The van der Waals surface area contributed by atoms with Crippen molar-refractivity contribution in [1.82, 2.24) is 0 Å². The normalized spacial score (nSPS) is 11.5. The molecule has 0 aliphatic heterocycles. The molecule has 15 heavy (non-hydrogen) atoms. The van der Waals surface area contributed by atoms with Gasteiger partial charge >= 0.3 is 5.97 Å². The van der Waals surface area contributed by atoms with E-state index in [0.29, 0.717) is 0 Å². The van der Waals surface area contributed by atoms with E-state index < -0.39 is 12.1 Å². The van der Waals surface area contributed by atoms with Crippen LogP contribution in [0.5, 0.6) is 0 Å². The molecule has 0 saturated carbocycles. The van der Waals surface area contributed by atoms with Gasteiger partial charge < -0.3 is 4.74 Å². The Balaban J connectivity index is 2.89. The van der Waals surface area contributed by atoms with Crippen molar-refractivity contribution in [3.8, 4) is 12.3 Å². The zero-order valence-electron chi connectivity index (χ0n) is 8.37. The van der Waals surface area contributed by atoms with E-state index in [4.69, 9.17) is 22.8 Å². The molecule has 0 aliphatic rings. The number of carbonyl (C=O) groups is 1. The number of aryl methyl sites for hydroxylation is 1. The quantitative estimate of drug-likeness (QED) is 0.446. The van der Waals surface area contributed by atoms with E-state index in [0.717, 1.165) is 11.1 Å². The Morgan fingerprint density at radius 2 is 2.27 bits per heavy atom. The van der Waals surface area contributed by atoms with Crippen molar-refractivity contribution in [3.05, 3.63) is 35.4 Å². The van der Waals surface area contributed by atoms with Gasteiger partial charge in [-0.15, -0.1) is 18.0 Å². The molecule has 0 radical (unpaired) electrons. The van der Waals surface area contributed by atoms with E-state index in [-0.39, 0.29) is 5.88 Å². The van der Waals surface area contributed by atoms with Gasteiger partial charge in [0.05, 0.1) is 0 Å². The van der Waals surface area contributed by atoms with Crippen LogP contribution in [0, 0.1) is 19.3 Å². The van der Waals surface area contributed by atoms with Crippen LogP contribution in [0.2, 0.25) is 0 Å². The Kier molecular flexibility index (Phi) is 4.20. The van der Waals surface area contributed by atoms with Crippen LogP contribution in [-0.4, -0.2) is 11.8 Å². The third-order valence-electron chi connectivity index (χ3n) is 1.98. The van der Waals surface area contributed by atoms with Gasteiger partial charge in [0.15, 0.2) is 6.10 Å². The minimum absolute atomic E-state index is 0.190. The molecule has 2 nitrogen and oxygen atoms in total. The number of ether oxygens (including phenoxy) is 1. The molecule has 0 N–H and O–H groups in total. The van der Waals surface area contributed by atoms with Crippen LogP contribution in [0.3, 0.4) is 0 Å². The van der Waals surface area contributed by atoms with Gasteiger partial charge in [-0.25, -0.2) is 0 Å². The second-order valence-electron chi connectivity index (χ2n) is 3.03. The molecule has 3 heteroatoms. The Labute approximate surface area is 94.2 Å². The molecule has 0 aromatic heterocycles. The molecule has 0 aliphatic carbocycles. The SMILES string of the molecule is C#C[C@@H](OC(=O)CCl)c1ccccc1C. The van der Waals surface area contributed by atoms with Gasteiger partial charge in [0, 0.05) is 5.56 Å². The maximum absolute atomic E-state index is 11.0. The number of esters is 1. The minimum atomic E-state index is -0.655. The van der Waals surface area contributed by atoms with Crippen molar-refractivity contribution in [2.75, 3.05) is 5.88 Å². The molecule has 1 aromatic carbocycles. The first-order valence-electron chi connectivity index (χ1n) is 4.46. The summed E-state index contributed by atoms with van der Waals surface area (Å²) in [7, 11) is 0. The Hall–Kier alpha value is -1.46. The summed E-state index contributed by atoms with van der Waals surface area (Å²) in [5.74, 6) is 1.72. The third kappa shape index (κ3) is 3.00. The average Bonchev–Trinajstić information content (AvgIpc) is 2.26. The molecule has 78 valence electrons. The van der Waals surface area contributed by atoms with Gasteiger partial charge in [0.25, 0.3) is 0 Å². The van der Waals surface area contributed by atoms with Crippen molar-refractivity contribution in [1.29, 1.82) is 0 Å². The van der Waals surface area contributed by atoms with Crippen LogP contribution in [-0.2, 0) is 9.53 Å². The van der Waals surface area contributed by atoms with E-state index in [1.54, 1.807) is 0 Å². The summed E-state index contributed by atoms with van der Waals surface area (Å²) in [5.41, 5.74) is 1.81. The number of hydrogen-bond donors (Lipinski definition) is 0. The Morgan fingerprint density at radius 3 is 2.80 bits per heavy atom. The molecule has 0 fully saturated rings. The Bertz CT molecular complexity index is 393. The first-order valence-corrected chi connectivity index (χ1v) is 4.99. The van der Waals surface area contributed by atoms with E-state index in [1.807, 2.05) is 31.2 Å². The molecule has 1 atom stereocenters. The van der Waals surface area contributed by atoms with Crippen LogP contribution >= 0.6 is 11.6 Å². The summed E-state index contributed by atoms with van der Waals surface area (Å²) >= 11 is 5.34. The first kappa shape index (κ1) is 11.6. The van der Waals surface area contributed by atoms with Gasteiger partial charge in [-0.2, -0.15) is 0 Å². The van der Waals surface area contributed by atoms with E-state index in [1.165, 1.54) is 0 Å². The van der Waals surface area contributed by atoms with Crippen LogP contribution in [0.15, 0.2) is 24.3 Å². The number of rotatable bonds is 3. The topological polar surface area (TPSA) is 26.3 Å². The summed E-state index contributed by atoms with van der Waals surface area (Å²) in [6, 6.07) is 7.49. The third-order valence-corrected chi connectivity index (χ3v) is 2.20. The first-order chi connectivity index (χ1) is 7.19. The maximum Gasteiger partial charge on any atom is 0.322 e. The highest BCUT2D eigenvalue weighted by Crippen LogP contribution is 2.20. The highest BCUT2D eigenvalue weighted by molar-refractivity contribution is 6.26. The van der Waals surface area contributed by atoms with E-state index >= 15 is 0 Å². The number of terminal acetylenes is 1. The van der Waals surface area contributed by atoms with Gasteiger partial charge in [-0.3, -0.25) is 4.79 Å². The zero-order chi connectivity index (χ0) is 11.3. The van der Waals surface area contributed by atoms with Gasteiger partial charge in [-0.05, 0) is 12.5 Å². The maximum atomic E-state index is 11.0. The van der Waals surface area contributed by atoms with Crippen molar-refractivity contribution in [2.45, 2.75) is 13.0 Å². The monoisotopic (exact) mass is 222 g/mol. The molecule has 0 saturated heterocycles. The van der Waals surface area contributed by atoms with Crippen LogP contribution in [0.1, 0.15) is 17.2 Å². The highest BCUT2D eigenvalue weighted by Gasteiger charge is 2.14. The lowest BCUT2D eigenvalue weighted by atomic mass is 10.0. The van der Waals surface area contributed by atoms with Crippen molar-refractivity contribution in [2.24, 2.45) is 0 Å². The largest absolute Gasteiger partial charge is 0.443 e. The Morgan fingerprint density at radius 1 is 1.60 bits per heavy atom. The standard InChI is InChI=1S/C12H11ClO2/c1-3-11(15-12(14)8-13)10-7-5-4-6-9(10)2/h1,4-7,11H,8H2,2H3/t11-/m1/s1. The second-order valence-corrected chi connectivity index (χ2v) is 3.29. The molecule has 0 unspecified atom stereocenters. The van der Waals surface area contributed by atoms with Crippen molar-refractivity contribution < 1.29 is 9.53 Å². The lowest BCUT2D eigenvalue weighted by molar-refractivity contribution is -0.143. The van der Waals surface area contributed by atoms with Crippen LogP contribution in [0.4, 0.5) is 0 Å². The molecule has 1 rings (SSSR count). The van der Waals surface area contributed by atoms with Crippen molar-refractivity contribution >= 4 is 17.6 Å². The summed E-state index contributed by atoms with van der Waals surface area (Å²) in [5, 5.41) is 0. The lowest BCUT2D eigenvalue weighted by Gasteiger charge is -2.13. The predicted octanol–water partition coefficient (Wildman–Crippen LogP) is 2.45. The molecular weight excluding hydrogens is 212 g/mol. The summed E-state index contributed by atoms with van der Waals surface area (Å²) < 4.78 is 5.01. The predicted molar refractivity (Wildman–Crippen MR) is 59.6 cm³/mol. The number of alkyl halides is 1. The molecule has 0 spiro atoms. The van der Waals surface area contributed by atoms with Gasteiger partial charge in [-0.1, -0.05) is 30.2 Å². The number of carbonyl (C=O) groups excluding carboxylic acids is 1. The van der Waals surface area contributed by atoms with Crippen molar-refractivity contribution in [3.63, 3.8) is 0 Å². The fourth-order valence-electron chi connectivity index (χ4n) is 1.23. The van der Waals surface area contributed by atoms with Gasteiger partial charge in [0.2, 0.25) is 0 Å². The van der Waals surface area contributed by atoms with Gasteiger partial charge in [0.1, 0.15) is 5.88 Å². The zero-order valence-corrected chi connectivity index (χ0v) is 9.12. The molecule has 0 amide bonds. The summed E-state index contributed by atoms with van der Waals surface area (Å²) in [4.78, 5) is 11.0. The average molecular weight is 223 g/mol. The minimum Gasteiger partial charge on any atom is -0.443 e. The molecule has 1 aromatic rings. The number of halogens is 1. The molecular formula is C12H11ClO2. The fourth-order valence-corrected chi connectivity index (χ4v) is 1.29. The number of hydrogen-bond acceptors (Lipinski definition) is 2. The molecule has 0 heterocycles. The van der Waals surface area contributed by atoms with E-state index in [9.17, 15) is 4.79 Å². The van der Waals surface area contributed by atoms with Crippen LogP contribution < -0.4 is 0 Å². The smallest absolute Gasteiger partial charge is 0.322 e. The molecule has 0 bridgehead atoms. The highest BCUT2D eigenvalue weighted by atomic mass is 35.5. The number of benzene rings is 1. The fraction of sp³-hybridized carbons (Fsp3) is 0.250.